The van der Waals surface area contributed by atoms with Crippen molar-refractivity contribution in [1.82, 2.24) is 9.78 Å². The van der Waals surface area contributed by atoms with Gasteiger partial charge in [0.05, 0.1) is 0 Å². The van der Waals surface area contributed by atoms with E-state index in [-0.39, 0.29) is 12.2 Å². The lowest BCUT2D eigenvalue weighted by molar-refractivity contribution is -0.144. The number of hydrogen-bond donors (Lipinski definition) is 1. The molecular formula is C9H12F3N3O. The monoisotopic (exact) mass is 235 g/mol. The minimum atomic E-state index is -4.52. The molecule has 0 unspecified atom stereocenters. The summed E-state index contributed by atoms with van der Waals surface area (Å²) in [6, 6.07) is 0.679. The van der Waals surface area contributed by atoms with E-state index >= 15 is 0 Å². The Hall–Kier alpha value is -1.53. The Bertz CT molecular complexity index is 384. The standard InChI is InChI=1S/C9H12F3N3O/c1-2-3-4-15-7(9(10,11)12)5-6(14-15)8(13)16/h5H,2-4H2,1H3,(H2,13,16). The summed E-state index contributed by atoms with van der Waals surface area (Å²) in [5.41, 5.74) is 3.59. The number of hydrogen-bond acceptors (Lipinski definition) is 2. The number of rotatable bonds is 4. The van der Waals surface area contributed by atoms with Crippen LogP contribution in [0.5, 0.6) is 0 Å². The van der Waals surface area contributed by atoms with E-state index in [2.05, 4.69) is 5.10 Å². The number of amides is 1. The molecule has 0 spiro atoms. The molecule has 0 aliphatic rings. The Labute approximate surface area is 90.2 Å². The predicted molar refractivity (Wildman–Crippen MR) is 50.7 cm³/mol. The zero-order valence-electron chi connectivity index (χ0n) is 8.71. The first-order chi connectivity index (χ1) is 7.36. The molecule has 4 nitrogen and oxygen atoms in total. The van der Waals surface area contributed by atoms with E-state index in [4.69, 9.17) is 5.73 Å². The normalized spacial score (nSPS) is 11.8. The molecule has 1 aromatic heterocycles. The minimum Gasteiger partial charge on any atom is -0.364 e. The van der Waals surface area contributed by atoms with Gasteiger partial charge < -0.3 is 5.73 Å². The van der Waals surface area contributed by atoms with E-state index in [0.29, 0.717) is 12.5 Å². The van der Waals surface area contributed by atoms with Crippen LogP contribution in [0.25, 0.3) is 0 Å². The van der Waals surface area contributed by atoms with Crippen LogP contribution in [0.2, 0.25) is 0 Å². The summed E-state index contributed by atoms with van der Waals surface area (Å²) >= 11 is 0. The largest absolute Gasteiger partial charge is 0.433 e. The SMILES string of the molecule is CCCCn1nc(C(N)=O)cc1C(F)(F)F. The van der Waals surface area contributed by atoms with Crippen molar-refractivity contribution >= 4 is 5.91 Å². The molecular weight excluding hydrogens is 223 g/mol. The highest BCUT2D eigenvalue weighted by Gasteiger charge is 2.36. The second-order valence-corrected chi connectivity index (χ2v) is 3.35. The van der Waals surface area contributed by atoms with Gasteiger partial charge >= 0.3 is 6.18 Å². The van der Waals surface area contributed by atoms with Crippen molar-refractivity contribution in [2.45, 2.75) is 32.5 Å². The maximum absolute atomic E-state index is 12.5. The van der Waals surface area contributed by atoms with Gasteiger partial charge in [0.1, 0.15) is 5.69 Å². The Kier molecular flexibility index (Phi) is 3.56. The van der Waals surface area contributed by atoms with Gasteiger partial charge in [-0.3, -0.25) is 9.48 Å². The first kappa shape index (κ1) is 12.5. The first-order valence-corrected chi connectivity index (χ1v) is 4.81. The first-order valence-electron chi connectivity index (χ1n) is 4.81. The fourth-order valence-corrected chi connectivity index (χ4v) is 1.24. The number of aromatic nitrogens is 2. The van der Waals surface area contributed by atoms with Gasteiger partial charge in [0.15, 0.2) is 5.69 Å². The molecule has 0 aliphatic heterocycles. The highest BCUT2D eigenvalue weighted by atomic mass is 19.4. The second kappa shape index (κ2) is 4.54. The van der Waals surface area contributed by atoms with Crippen LogP contribution in [0.1, 0.15) is 35.9 Å². The molecule has 0 bridgehead atoms. The van der Waals surface area contributed by atoms with Crippen LogP contribution in [-0.4, -0.2) is 15.7 Å². The summed E-state index contributed by atoms with van der Waals surface area (Å²) < 4.78 is 38.4. The quantitative estimate of drug-likeness (QED) is 0.864. The lowest BCUT2D eigenvalue weighted by Crippen LogP contribution is -2.15. The van der Waals surface area contributed by atoms with Gasteiger partial charge in [-0.05, 0) is 6.42 Å². The van der Waals surface area contributed by atoms with E-state index in [1.54, 1.807) is 0 Å². The summed E-state index contributed by atoms with van der Waals surface area (Å²) in [6.07, 6.45) is -3.22. The molecule has 1 amide bonds. The molecule has 0 atom stereocenters. The van der Waals surface area contributed by atoms with Gasteiger partial charge in [0, 0.05) is 12.6 Å². The number of nitrogens with two attached hydrogens (primary N) is 1. The van der Waals surface area contributed by atoms with Crippen molar-refractivity contribution in [2.24, 2.45) is 5.73 Å². The topological polar surface area (TPSA) is 60.9 Å². The Morgan fingerprint density at radius 1 is 1.56 bits per heavy atom. The molecule has 0 saturated carbocycles. The van der Waals surface area contributed by atoms with Crippen molar-refractivity contribution in [3.63, 3.8) is 0 Å². The van der Waals surface area contributed by atoms with Crippen LogP contribution in [0.4, 0.5) is 13.2 Å². The van der Waals surface area contributed by atoms with E-state index in [9.17, 15) is 18.0 Å². The zero-order valence-corrected chi connectivity index (χ0v) is 8.71. The van der Waals surface area contributed by atoms with Crippen LogP contribution >= 0.6 is 0 Å². The van der Waals surface area contributed by atoms with Gasteiger partial charge in [-0.2, -0.15) is 18.3 Å². The van der Waals surface area contributed by atoms with E-state index < -0.39 is 17.8 Å². The molecule has 0 saturated heterocycles. The van der Waals surface area contributed by atoms with Crippen molar-refractivity contribution in [2.75, 3.05) is 0 Å². The van der Waals surface area contributed by atoms with Crippen LogP contribution in [0.15, 0.2) is 6.07 Å². The maximum Gasteiger partial charge on any atom is 0.433 e. The molecule has 2 N–H and O–H groups in total. The van der Waals surface area contributed by atoms with E-state index in [1.807, 2.05) is 6.92 Å². The molecule has 1 heterocycles. The van der Waals surface area contributed by atoms with Gasteiger partial charge in [0.2, 0.25) is 0 Å². The number of nitrogens with zero attached hydrogens (tertiary/aromatic N) is 2. The number of unbranched alkanes of at least 4 members (excludes halogenated alkanes) is 1. The summed E-state index contributed by atoms with van der Waals surface area (Å²) in [6.45, 7) is 1.98. The summed E-state index contributed by atoms with van der Waals surface area (Å²) in [7, 11) is 0. The Morgan fingerprint density at radius 3 is 2.62 bits per heavy atom. The third-order valence-corrected chi connectivity index (χ3v) is 2.05. The average Bonchev–Trinajstić information content (AvgIpc) is 2.57. The number of primary amides is 1. The lowest BCUT2D eigenvalue weighted by atomic mass is 10.3. The summed E-state index contributed by atoms with van der Waals surface area (Å²) in [4.78, 5) is 10.7. The number of aryl methyl sites for hydroxylation is 1. The lowest BCUT2D eigenvalue weighted by Gasteiger charge is -2.08. The third kappa shape index (κ3) is 2.74. The van der Waals surface area contributed by atoms with E-state index in [0.717, 1.165) is 11.1 Å². The highest BCUT2D eigenvalue weighted by molar-refractivity contribution is 5.90. The average molecular weight is 235 g/mol. The van der Waals surface area contributed by atoms with Crippen LogP contribution in [-0.2, 0) is 12.7 Å². The molecule has 0 fully saturated rings. The number of carbonyl (C=O) groups excluding carboxylic acids is 1. The second-order valence-electron chi connectivity index (χ2n) is 3.35. The van der Waals surface area contributed by atoms with Crippen molar-refractivity contribution in [3.8, 4) is 0 Å². The molecule has 16 heavy (non-hydrogen) atoms. The van der Waals surface area contributed by atoms with Gasteiger partial charge in [0.25, 0.3) is 5.91 Å². The highest BCUT2D eigenvalue weighted by Crippen LogP contribution is 2.29. The molecule has 1 rings (SSSR count). The fraction of sp³-hybridized carbons (Fsp3) is 0.556. The summed E-state index contributed by atoms with van der Waals surface area (Å²) in [5, 5.41) is 3.54. The predicted octanol–water partition coefficient (Wildman–Crippen LogP) is 1.80. The molecule has 7 heteroatoms. The number of halogens is 3. The Balaban J connectivity index is 3.08. The molecule has 0 radical (unpaired) electrons. The van der Waals surface area contributed by atoms with Crippen LogP contribution in [0.3, 0.4) is 0 Å². The van der Waals surface area contributed by atoms with Gasteiger partial charge in [-0.15, -0.1) is 0 Å². The Morgan fingerprint density at radius 2 is 2.19 bits per heavy atom. The van der Waals surface area contributed by atoms with Gasteiger partial charge in [-0.1, -0.05) is 13.3 Å². The number of alkyl halides is 3. The minimum absolute atomic E-state index is 0.124. The van der Waals surface area contributed by atoms with Crippen molar-refractivity contribution in [1.29, 1.82) is 0 Å². The van der Waals surface area contributed by atoms with E-state index in [1.165, 1.54) is 0 Å². The molecule has 0 aromatic carbocycles. The molecule has 90 valence electrons. The van der Waals surface area contributed by atoms with Crippen LogP contribution < -0.4 is 5.73 Å². The molecule has 1 aromatic rings. The summed E-state index contributed by atoms with van der Waals surface area (Å²) in [5.74, 6) is -0.958. The van der Waals surface area contributed by atoms with Gasteiger partial charge in [-0.25, -0.2) is 0 Å². The maximum atomic E-state index is 12.5. The number of carbonyl (C=O) groups is 1. The van der Waals surface area contributed by atoms with Crippen molar-refractivity contribution < 1.29 is 18.0 Å². The molecule has 0 aliphatic carbocycles. The zero-order chi connectivity index (χ0) is 12.3. The van der Waals surface area contributed by atoms with Crippen molar-refractivity contribution in [3.05, 3.63) is 17.5 Å². The third-order valence-electron chi connectivity index (χ3n) is 2.05. The smallest absolute Gasteiger partial charge is 0.364 e. The fourth-order valence-electron chi connectivity index (χ4n) is 1.24. The van der Waals surface area contributed by atoms with Crippen LogP contribution in [0, 0.1) is 0 Å².